The molecule has 2 heteroatoms. The fourth-order valence-electron chi connectivity index (χ4n) is 0.521. The van der Waals surface area contributed by atoms with E-state index in [1.54, 1.807) is 11.3 Å². The first-order valence-corrected chi connectivity index (χ1v) is 3.76. The fraction of sp³-hybridized carbons (Fsp3) is 0.125. The SMILES string of the molecule is N#CCC#Cc1ccsc1. The summed E-state index contributed by atoms with van der Waals surface area (Å²) in [6.45, 7) is 0. The van der Waals surface area contributed by atoms with Crippen molar-refractivity contribution < 1.29 is 0 Å². The molecule has 1 aromatic heterocycles. The first-order valence-electron chi connectivity index (χ1n) is 2.81. The van der Waals surface area contributed by atoms with E-state index in [0.29, 0.717) is 6.42 Å². The van der Waals surface area contributed by atoms with E-state index >= 15 is 0 Å². The van der Waals surface area contributed by atoms with Crippen LogP contribution < -0.4 is 0 Å². The molecule has 0 aromatic carbocycles. The lowest BCUT2D eigenvalue weighted by Gasteiger charge is -1.71. The molecule has 1 heterocycles. The van der Waals surface area contributed by atoms with Gasteiger partial charge in [-0.15, -0.1) is 0 Å². The number of hydrogen-bond acceptors (Lipinski definition) is 2. The van der Waals surface area contributed by atoms with Gasteiger partial charge in [-0.05, 0) is 11.4 Å². The number of nitrogens with zero attached hydrogens (tertiary/aromatic N) is 1. The van der Waals surface area contributed by atoms with Gasteiger partial charge in [0.1, 0.15) is 0 Å². The van der Waals surface area contributed by atoms with Crippen LogP contribution in [0.5, 0.6) is 0 Å². The second kappa shape index (κ2) is 3.71. The fourth-order valence-corrected chi connectivity index (χ4v) is 1.11. The van der Waals surface area contributed by atoms with Gasteiger partial charge in [-0.2, -0.15) is 16.6 Å². The Balaban J connectivity index is 2.59. The van der Waals surface area contributed by atoms with Gasteiger partial charge in [0.25, 0.3) is 0 Å². The minimum absolute atomic E-state index is 0.315. The highest BCUT2D eigenvalue weighted by Crippen LogP contribution is 2.02. The van der Waals surface area contributed by atoms with Gasteiger partial charge < -0.3 is 0 Å². The molecular formula is C8H5NS. The van der Waals surface area contributed by atoms with Crippen molar-refractivity contribution in [2.45, 2.75) is 6.42 Å². The zero-order valence-corrected chi connectivity index (χ0v) is 6.11. The van der Waals surface area contributed by atoms with Gasteiger partial charge in [0.2, 0.25) is 0 Å². The number of rotatable bonds is 0. The molecule has 0 aliphatic rings. The van der Waals surface area contributed by atoms with Gasteiger partial charge in [0, 0.05) is 10.9 Å². The Kier molecular flexibility index (Phi) is 2.55. The second-order valence-electron chi connectivity index (χ2n) is 1.65. The molecule has 0 saturated carbocycles. The Morgan fingerprint density at radius 2 is 2.50 bits per heavy atom. The lowest BCUT2D eigenvalue weighted by molar-refractivity contribution is 1.40. The third-order valence-electron chi connectivity index (χ3n) is 0.921. The Hall–Kier alpha value is -1.25. The molecule has 10 heavy (non-hydrogen) atoms. The van der Waals surface area contributed by atoms with Gasteiger partial charge in [0.15, 0.2) is 0 Å². The van der Waals surface area contributed by atoms with Crippen molar-refractivity contribution in [2.24, 2.45) is 0 Å². The number of hydrogen-bond donors (Lipinski definition) is 0. The molecular weight excluding hydrogens is 142 g/mol. The molecule has 0 amide bonds. The summed E-state index contributed by atoms with van der Waals surface area (Å²) >= 11 is 1.61. The van der Waals surface area contributed by atoms with Crippen LogP contribution in [0.15, 0.2) is 16.8 Å². The lowest BCUT2D eigenvalue weighted by atomic mass is 10.3. The molecule has 0 radical (unpaired) electrons. The summed E-state index contributed by atoms with van der Waals surface area (Å²) < 4.78 is 0. The Morgan fingerprint density at radius 1 is 1.60 bits per heavy atom. The molecule has 0 saturated heterocycles. The van der Waals surface area contributed by atoms with Crippen LogP contribution in [0.1, 0.15) is 12.0 Å². The second-order valence-corrected chi connectivity index (χ2v) is 2.43. The predicted octanol–water partition coefficient (Wildman–Crippen LogP) is 2.01. The molecule has 0 atom stereocenters. The third-order valence-corrected chi connectivity index (χ3v) is 1.60. The van der Waals surface area contributed by atoms with E-state index < -0.39 is 0 Å². The van der Waals surface area contributed by atoms with Crippen molar-refractivity contribution in [1.29, 1.82) is 5.26 Å². The first-order chi connectivity index (χ1) is 4.93. The van der Waals surface area contributed by atoms with Gasteiger partial charge >= 0.3 is 0 Å². The van der Waals surface area contributed by atoms with Crippen molar-refractivity contribution in [1.82, 2.24) is 0 Å². The summed E-state index contributed by atoms with van der Waals surface area (Å²) in [7, 11) is 0. The van der Waals surface area contributed by atoms with Crippen molar-refractivity contribution in [3.05, 3.63) is 22.4 Å². The van der Waals surface area contributed by atoms with Crippen molar-refractivity contribution in [3.8, 4) is 17.9 Å². The van der Waals surface area contributed by atoms with Crippen LogP contribution in [0.4, 0.5) is 0 Å². The largest absolute Gasteiger partial charge is 0.197 e. The summed E-state index contributed by atoms with van der Waals surface area (Å²) in [5.74, 6) is 5.60. The predicted molar refractivity (Wildman–Crippen MR) is 41.4 cm³/mol. The molecule has 0 aliphatic heterocycles. The quantitative estimate of drug-likeness (QED) is 0.515. The average molecular weight is 147 g/mol. The molecule has 1 aromatic rings. The van der Waals surface area contributed by atoms with Crippen LogP contribution >= 0.6 is 11.3 Å². The van der Waals surface area contributed by atoms with E-state index in [2.05, 4.69) is 11.8 Å². The zero-order valence-electron chi connectivity index (χ0n) is 5.29. The maximum absolute atomic E-state index is 8.14. The minimum atomic E-state index is 0.315. The highest BCUT2D eigenvalue weighted by molar-refractivity contribution is 7.08. The van der Waals surface area contributed by atoms with Crippen LogP contribution in [-0.4, -0.2) is 0 Å². The minimum Gasteiger partial charge on any atom is -0.197 e. The molecule has 0 aliphatic carbocycles. The van der Waals surface area contributed by atoms with E-state index in [0.717, 1.165) is 5.56 Å². The third kappa shape index (κ3) is 1.93. The summed E-state index contributed by atoms with van der Waals surface area (Å²) in [4.78, 5) is 0. The Bertz CT molecular complexity index is 281. The Morgan fingerprint density at radius 3 is 3.10 bits per heavy atom. The monoisotopic (exact) mass is 147 g/mol. The summed E-state index contributed by atoms with van der Waals surface area (Å²) in [5, 5.41) is 12.1. The maximum atomic E-state index is 8.14. The van der Waals surface area contributed by atoms with Gasteiger partial charge in [-0.25, -0.2) is 0 Å². The van der Waals surface area contributed by atoms with Crippen LogP contribution in [0, 0.1) is 23.2 Å². The van der Waals surface area contributed by atoms with Gasteiger partial charge in [0.05, 0.1) is 12.5 Å². The normalized spacial score (nSPS) is 7.50. The smallest absolute Gasteiger partial charge is 0.0966 e. The van der Waals surface area contributed by atoms with Gasteiger partial charge in [-0.3, -0.25) is 0 Å². The van der Waals surface area contributed by atoms with E-state index in [1.807, 2.05) is 22.9 Å². The Labute approximate surface area is 63.9 Å². The van der Waals surface area contributed by atoms with E-state index in [4.69, 9.17) is 5.26 Å². The zero-order chi connectivity index (χ0) is 7.23. The van der Waals surface area contributed by atoms with E-state index in [1.165, 1.54) is 0 Å². The number of nitriles is 1. The van der Waals surface area contributed by atoms with Crippen LogP contribution in [0.3, 0.4) is 0 Å². The van der Waals surface area contributed by atoms with Gasteiger partial charge in [-0.1, -0.05) is 11.8 Å². The summed E-state index contributed by atoms with van der Waals surface area (Å²) in [6, 6.07) is 3.90. The van der Waals surface area contributed by atoms with E-state index in [-0.39, 0.29) is 0 Å². The topological polar surface area (TPSA) is 23.8 Å². The summed E-state index contributed by atoms with van der Waals surface area (Å²) in [6.07, 6.45) is 0.315. The first kappa shape index (κ1) is 6.86. The van der Waals surface area contributed by atoms with Crippen LogP contribution in [0.2, 0.25) is 0 Å². The number of thiophene rings is 1. The van der Waals surface area contributed by atoms with Crippen LogP contribution in [-0.2, 0) is 0 Å². The highest BCUT2D eigenvalue weighted by Gasteiger charge is 1.81. The molecule has 48 valence electrons. The molecule has 0 fully saturated rings. The summed E-state index contributed by atoms with van der Waals surface area (Å²) in [5.41, 5.74) is 1.00. The maximum Gasteiger partial charge on any atom is 0.0966 e. The average Bonchev–Trinajstić information content (AvgIpc) is 2.41. The van der Waals surface area contributed by atoms with Crippen molar-refractivity contribution in [2.75, 3.05) is 0 Å². The molecule has 0 bridgehead atoms. The molecule has 0 N–H and O–H groups in total. The molecule has 1 rings (SSSR count). The standard InChI is InChI=1S/C8H5NS/c9-5-2-1-3-8-4-6-10-7-8/h4,6-7H,2H2. The van der Waals surface area contributed by atoms with Crippen molar-refractivity contribution >= 4 is 11.3 Å². The molecule has 1 nitrogen and oxygen atoms in total. The van der Waals surface area contributed by atoms with E-state index in [9.17, 15) is 0 Å². The van der Waals surface area contributed by atoms with Crippen LogP contribution in [0.25, 0.3) is 0 Å². The lowest BCUT2D eigenvalue weighted by Crippen LogP contribution is -1.62. The highest BCUT2D eigenvalue weighted by atomic mass is 32.1. The van der Waals surface area contributed by atoms with Crippen molar-refractivity contribution in [3.63, 3.8) is 0 Å². The molecule has 0 unspecified atom stereocenters. The molecule has 0 spiro atoms.